The van der Waals surface area contributed by atoms with Crippen LogP contribution in [0.25, 0.3) is 11.0 Å². The van der Waals surface area contributed by atoms with E-state index in [1.54, 1.807) is 6.07 Å². The maximum absolute atomic E-state index is 6.09. The fraction of sp³-hybridized carbons (Fsp3) is 0.222. The molecule has 0 spiro atoms. The molecule has 1 heterocycles. The monoisotopic (exact) mass is 272 g/mol. The topological polar surface area (TPSA) is 49.8 Å². The van der Waals surface area contributed by atoms with Crippen LogP contribution >= 0.6 is 35.5 Å². The van der Waals surface area contributed by atoms with Gasteiger partial charge < -0.3 is 10.6 Å². The lowest BCUT2D eigenvalue weighted by atomic mass is 10.2. The van der Waals surface area contributed by atoms with Crippen molar-refractivity contribution in [3.63, 3.8) is 0 Å². The molecule has 0 saturated heterocycles. The van der Waals surface area contributed by atoms with Gasteiger partial charge in [0, 0.05) is 6.54 Å². The average molecular weight is 273 g/mol. The zero-order chi connectivity index (χ0) is 11.5. The van der Waals surface area contributed by atoms with Gasteiger partial charge in [-0.3, -0.25) is 0 Å². The summed E-state index contributed by atoms with van der Waals surface area (Å²) >= 11 is 12.4. The minimum absolute atomic E-state index is 0.532. The molecular weight excluding hydrogens is 264 g/mol. The van der Waals surface area contributed by atoms with E-state index >= 15 is 0 Å². The number of aromatic nitrogens is 2. The Morgan fingerprint density at radius 3 is 3.06 bits per heavy atom. The fourth-order valence-corrected chi connectivity index (χ4v) is 2.25. The molecule has 0 amide bonds. The van der Waals surface area contributed by atoms with Crippen LogP contribution in [0.5, 0.6) is 0 Å². The first-order valence-electron chi connectivity index (χ1n) is 4.68. The van der Waals surface area contributed by atoms with Gasteiger partial charge in [-0.15, -0.1) is 0 Å². The zero-order valence-electron chi connectivity index (χ0n) is 8.45. The number of fused-ring (bicyclic) bond motifs is 1. The Morgan fingerprint density at radius 2 is 2.31 bits per heavy atom. The van der Waals surface area contributed by atoms with Gasteiger partial charge in [-0.1, -0.05) is 11.6 Å². The number of benzene rings is 1. The molecule has 2 rings (SSSR count). The van der Waals surface area contributed by atoms with E-state index in [-0.39, 0.29) is 0 Å². The second-order valence-electron chi connectivity index (χ2n) is 3.04. The van der Waals surface area contributed by atoms with Crippen molar-refractivity contribution < 1.29 is 0 Å². The number of nitrogens with one attached hydrogen (secondary N) is 2. The Balaban J connectivity index is 2.38. The Labute approximate surface area is 107 Å². The summed E-state index contributed by atoms with van der Waals surface area (Å²) in [4.78, 5) is 0. The van der Waals surface area contributed by atoms with Gasteiger partial charge in [0.25, 0.3) is 0 Å². The van der Waals surface area contributed by atoms with Crippen molar-refractivity contribution in [1.82, 2.24) is 14.1 Å². The Kier molecular flexibility index (Phi) is 3.52. The molecule has 0 aliphatic heterocycles. The van der Waals surface area contributed by atoms with Crippen LogP contribution in [0.1, 0.15) is 6.92 Å². The van der Waals surface area contributed by atoms with Gasteiger partial charge in [-0.05, 0) is 31.3 Å². The molecule has 0 unspecified atom stereocenters. The first-order chi connectivity index (χ1) is 7.72. The Morgan fingerprint density at radius 1 is 1.50 bits per heavy atom. The molecule has 7 heteroatoms. The van der Waals surface area contributed by atoms with Gasteiger partial charge in [0.2, 0.25) is 0 Å². The summed E-state index contributed by atoms with van der Waals surface area (Å²) in [6.07, 6.45) is 0. The Bertz CT molecular complexity index is 525. The van der Waals surface area contributed by atoms with Crippen molar-refractivity contribution in [2.75, 3.05) is 11.9 Å². The second-order valence-corrected chi connectivity index (χ2v) is 4.38. The number of nitrogens with zero attached hydrogens (tertiary/aromatic N) is 2. The number of anilines is 1. The van der Waals surface area contributed by atoms with Gasteiger partial charge in [-0.2, -0.15) is 8.75 Å². The minimum Gasteiger partial charge on any atom is -0.363 e. The maximum Gasteiger partial charge on any atom is 0.170 e. The van der Waals surface area contributed by atoms with Crippen LogP contribution in [-0.2, 0) is 0 Å². The van der Waals surface area contributed by atoms with E-state index in [9.17, 15) is 0 Å². The lowest BCUT2D eigenvalue weighted by molar-refractivity contribution is 0.980. The molecule has 2 N–H and O–H groups in total. The molecule has 4 nitrogen and oxygen atoms in total. The van der Waals surface area contributed by atoms with E-state index in [1.165, 1.54) is 0 Å². The summed E-state index contributed by atoms with van der Waals surface area (Å²) in [5, 5.41) is 7.14. The molecule has 2 aromatic rings. The molecule has 0 radical (unpaired) electrons. The molecule has 0 bridgehead atoms. The van der Waals surface area contributed by atoms with Crippen molar-refractivity contribution >= 4 is 57.4 Å². The summed E-state index contributed by atoms with van der Waals surface area (Å²) in [6, 6.07) is 3.62. The molecule has 0 aliphatic rings. The van der Waals surface area contributed by atoms with E-state index in [2.05, 4.69) is 19.4 Å². The van der Waals surface area contributed by atoms with Crippen LogP contribution in [0, 0.1) is 0 Å². The van der Waals surface area contributed by atoms with E-state index < -0.39 is 0 Å². The van der Waals surface area contributed by atoms with E-state index in [1.807, 2.05) is 13.0 Å². The first-order valence-corrected chi connectivity index (χ1v) is 6.19. The lowest BCUT2D eigenvalue weighted by Gasteiger charge is -2.10. The number of halogens is 1. The first kappa shape index (κ1) is 11.5. The SMILES string of the molecule is CCNC(=S)Nc1c(Cl)ccc2nsnc12. The van der Waals surface area contributed by atoms with Crippen molar-refractivity contribution in [2.24, 2.45) is 0 Å². The van der Waals surface area contributed by atoms with Crippen LogP contribution in [0.15, 0.2) is 12.1 Å². The van der Waals surface area contributed by atoms with Crippen LogP contribution in [0.3, 0.4) is 0 Å². The Hall–Kier alpha value is -0.980. The van der Waals surface area contributed by atoms with Crippen molar-refractivity contribution in [2.45, 2.75) is 6.92 Å². The molecule has 1 aromatic heterocycles. The van der Waals surface area contributed by atoms with Crippen LogP contribution in [0.4, 0.5) is 5.69 Å². The van der Waals surface area contributed by atoms with E-state index in [0.29, 0.717) is 15.8 Å². The summed E-state index contributed by atoms with van der Waals surface area (Å²) in [5.41, 5.74) is 2.27. The zero-order valence-corrected chi connectivity index (χ0v) is 10.8. The van der Waals surface area contributed by atoms with Gasteiger partial charge >= 0.3 is 0 Å². The van der Waals surface area contributed by atoms with Gasteiger partial charge in [0.1, 0.15) is 11.0 Å². The molecule has 0 fully saturated rings. The second kappa shape index (κ2) is 4.90. The van der Waals surface area contributed by atoms with Crippen molar-refractivity contribution in [1.29, 1.82) is 0 Å². The normalized spacial score (nSPS) is 10.4. The molecule has 0 aliphatic carbocycles. The van der Waals surface area contributed by atoms with Crippen LogP contribution in [-0.4, -0.2) is 20.4 Å². The number of rotatable bonds is 2. The van der Waals surface area contributed by atoms with Gasteiger partial charge in [-0.25, -0.2) is 0 Å². The summed E-state index contributed by atoms with van der Waals surface area (Å²) < 4.78 is 8.33. The fourth-order valence-electron chi connectivity index (χ4n) is 1.26. The van der Waals surface area contributed by atoms with Crippen molar-refractivity contribution in [3.8, 4) is 0 Å². The predicted octanol–water partition coefficient (Wildman–Crippen LogP) is 2.65. The van der Waals surface area contributed by atoms with Crippen LogP contribution < -0.4 is 10.6 Å². The standard InChI is InChI=1S/C9H9ClN4S2/c1-2-11-9(15)12-7-5(10)3-4-6-8(7)14-16-13-6/h3-4H,2H2,1H3,(H2,11,12,15). The molecule has 0 saturated carbocycles. The van der Waals surface area contributed by atoms with Gasteiger partial charge in [0.15, 0.2) is 5.11 Å². The van der Waals surface area contributed by atoms with Crippen molar-refractivity contribution in [3.05, 3.63) is 17.2 Å². The third kappa shape index (κ3) is 2.23. The average Bonchev–Trinajstić information content (AvgIpc) is 2.71. The predicted molar refractivity (Wildman–Crippen MR) is 72.3 cm³/mol. The maximum atomic E-state index is 6.09. The third-order valence-electron chi connectivity index (χ3n) is 1.95. The van der Waals surface area contributed by atoms with E-state index in [0.717, 1.165) is 29.3 Å². The highest BCUT2D eigenvalue weighted by Gasteiger charge is 2.10. The molecular formula is C9H9ClN4S2. The van der Waals surface area contributed by atoms with Gasteiger partial charge in [0.05, 0.1) is 22.4 Å². The quantitative estimate of drug-likeness (QED) is 0.823. The molecule has 16 heavy (non-hydrogen) atoms. The summed E-state index contributed by atoms with van der Waals surface area (Å²) in [6.45, 7) is 2.73. The summed E-state index contributed by atoms with van der Waals surface area (Å²) in [7, 11) is 0. The molecule has 84 valence electrons. The largest absolute Gasteiger partial charge is 0.363 e. The van der Waals surface area contributed by atoms with E-state index in [4.69, 9.17) is 23.8 Å². The highest BCUT2D eigenvalue weighted by atomic mass is 35.5. The number of hydrogen-bond acceptors (Lipinski definition) is 4. The summed E-state index contributed by atoms with van der Waals surface area (Å²) in [5.74, 6) is 0. The highest BCUT2D eigenvalue weighted by Crippen LogP contribution is 2.29. The minimum atomic E-state index is 0.532. The highest BCUT2D eigenvalue weighted by molar-refractivity contribution is 7.80. The number of hydrogen-bond donors (Lipinski definition) is 2. The third-order valence-corrected chi connectivity index (χ3v) is 3.06. The lowest BCUT2D eigenvalue weighted by Crippen LogP contribution is -2.28. The molecule has 0 atom stereocenters. The molecule has 1 aromatic carbocycles. The number of thiocarbonyl (C=S) groups is 1. The van der Waals surface area contributed by atoms with Crippen LogP contribution in [0.2, 0.25) is 5.02 Å². The smallest absolute Gasteiger partial charge is 0.170 e.